The maximum atomic E-state index is 12.5. The smallest absolute Gasteiger partial charge is 0.314 e. The zero-order chi connectivity index (χ0) is 24.7. The maximum Gasteiger partial charge on any atom is 0.314 e. The van der Waals surface area contributed by atoms with Crippen LogP contribution in [0, 0.1) is 23.7 Å². The van der Waals surface area contributed by atoms with Gasteiger partial charge in [-0.3, -0.25) is 4.79 Å². The van der Waals surface area contributed by atoms with Crippen molar-refractivity contribution in [2.45, 2.75) is 104 Å². The molecule has 0 amide bonds. The molecule has 0 saturated heterocycles. The number of aromatic nitrogens is 2. The minimum Gasteiger partial charge on any atom is -0.426 e. The molecule has 0 aliphatic heterocycles. The highest BCUT2D eigenvalue weighted by molar-refractivity contribution is 5.75. The van der Waals surface area contributed by atoms with E-state index in [1.165, 1.54) is 63.4 Å². The van der Waals surface area contributed by atoms with E-state index in [0.717, 1.165) is 37.7 Å². The summed E-state index contributed by atoms with van der Waals surface area (Å²) in [5, 5.41) is 0. The van der Waals surface area contributed by atoms with Gasteiger partial charge in [0.1, 0.15) is 5.75 Å². The lowest BCUT2D eigenvalue weighted by Crippen LogP contribution is -2.25. The summed E-state index contributed by atoms with van der Waals surface area (Å²) in [5.74, 6) is 7.78. The van der Waals surface area contributed by atoms with Crippen LogP contribution < -0.4 is 4.74 Å². The third kappa shape index (κ3) is 9.48. The lowest BCUT2D eigenvalue weighted by atomic mass is 9.82. The van der Waals surface area contributed by atoms with E-state index in [-0.39, 0.29) is 17.6 Å². The molecule has 0 radical (unpaired) electrons. The second-order valence-corrected chi connectivity index (χ2v) is 9.88. The number of unbranched alkanes of at least 4 members (excludes halogenated alkanes) is 8. The van der Waals surface area contributed by atoms with E-state index < -0.39 is 0 Å². The summed E-state index contributed by atoms with van der Waals surface area (Å²) in [6.07, 6.45) is 20.6. The Morgan fingerprint density at radius 3 is 2.11 bits per heavy atom. The van der Waals surface area contributed by atoms with Gasteiger partial charge in [0.15, 0.2) is 5.82 Å². The normalized spacial score (nSPS) is 17.4. The van der Waals surface area contributed by atoms with Crippen LogP contribution in [-0.2, 0) is 11.2 Å². The van der Waals surface area contributed by atoms with Crippen molar-refractivity contribution in [3.05, 3.63) is 42.2 Å². The topological polar surface area (TPSA) is 52.1 Å². The zero-order valence-corrected chi connectivity index (χ0v) is 21.7. The van der Waals surface area contributed by atoms with Crippen LogP contribution in [-0.4, -0.2) is 15.9 Å². The highest BCUT2D eigenvalue weighted by Crippen LogP contribution is 2.30. The number of ether oxygens (including phenoxy) is 1. The molecule has 196 valence electrons. The number of rotatable bonds is 13. The lowest BCUT2D eigenvalue weighted by Gasteiger charge is -2.24. The summed E-state index contributed by atoms with van der Waals surface area (Å²) < 4.78 is 5.64. The van der Waals surface area contributed by atoms with Gasteiger partial charge in [0.25, 0.3) is 0 Å². The fourth-order valence-electron chi connectivity index (χ4n) is 4.82. The Morgan fingerprint density at radius 2 is 1.51 bits per heavy atom. The molecule has 1 aliphatic carbocycles. The van der Waals surface area contributed by atoms with Crippen LogP contribution in [0.3, 0.4) is 0 Å². The van der Waals surface area contributed by atoms with Crippen molar-refractivity contribution >= 4 is 5.97 Å². The molecule has 3 rings (SSSR count). The highest BCUT2D eigenvalue weighted by Gasteiger charge is 2.27. The molecule has 1 aliphatic rings. The molecule has 0 bridgehead atoms. The Hall–Kier alpha value is -2.67. The lowest BCUT2D eigenvalue weighted by molar-refractivity contribution is -0.140. The monoisotopic (exact) mass is 482 g/mol. The van der Waals surface area contributed by atoms with Gasteiger partial charge in [0.2, 0.25) is 0 Å². The molecule has 0 unspecified atom stereocenters. The standard InChI is InChI=1S/C31H42N2O2.4H2/c1-3-5-6-7-8-9-10-11-12-14-26-23-32-30(33-24-26)27-19-21-29(22-20-27)35-31(34)28-17-15-25(13-4-2)16-18-28;;;;/h19-25,28H,3,5-12,14-18H2,1-2H3;4*1H. The summed E-state index contributed by atoms with van der Waals surface area (Å²) in [6.45, 7) is 4.14. The van der Waals surface area contributed by atoms with Crippen molar-refractivity contribution in [2.75, 3.05) is 0 Å². The number of benzene rings is 1. The molecule has 1 fully saturated rings. The molecule has 4 heteroatoms. The van der Waals surface area contributed by atoms with Crippen molar-refractivity contribution in [3.8, 4) is 29.0 Å². The summed E-state index contributed by atoms with van der Waals surface area (Å²) >= 11 is 0. The first-order valence-corrected chi connectivity index (χ1v) is 13.7. The fraction of sp³-hybridized carbons (Fsp3) is 0.581. The Morgan fingerprint density at radius 1 is 0.914 bits per heavy atom. The number of carbonyl (C=O) groups is 1. The molecule has 35 heavy (non-hydrogen) atoms. The molecule has 0 spiro atoms. The molecule has 1 aromatic carbocycles. The molecule has 0 N–H and O–H groups in total. The van der Waals surface area contributed by atoms with Crippen molar-refractivity contribution in [2.24, 2.45) is 11.8 Å². The van der Waals surface area contributed by atoms with Gasteiger partial charge in [-0.05, 0) is 75.3 Å². The number of aryl methyl sites for hydroxylation is 1. The average Bonchev–Trinajstić information content (AvgIpc) is 2.89. The molecule has 1 aromatic heterocycles. The number of esters is 1. The number of carbonyl (C=O) groups excluding carboxylic acids is 1. The largest absolute Gasteiger partial charge is 0.426 e. The van der Waals surface area contributed by atoms with Crippen molar-refractivity contribution < 1.29 is 15.2 Å². The molecule has 1 saturated carbocycles. The van der Waals surface area contributed by atoms with Crippen molar-refractivity contribution in [1.29, 1.82) is 0 Å². The van der Waals surface area contributed by atoms with Crippen LogP contribution in [0.5, 0.6) is 5.75 Å². The molecule has 0 atom stereocenters. The summed E-state index contributed by atoms with van der Waals surface area (Å²) in [7, 11) is 0. The van der Waals surface area contributed by atoms with Gasteiger partial charge in [-0.2, -0.15) is 0 Å². The van der Waals surface area contributed by atoms with E-state index >= 15 is 0 Å². The minimum atomic E-state index is -0.127. The van der Waals surface area contributed by atoms with Gasteiger partial charge in [0.05, 0.1) is 5.92 Å². The van der Waals surface area contributed by atoms with Gasteiger partial charge in [-0.15, -0.1) is 11.8 Å². The van der Waals surface area contributed by atoms with Crippen LogP contribution in [0.25, 0.3) is 11.4 Å². The summed E-state index contributed by atoms with van der Waals surface area (Å²) in [4.78, 5) is 21.7. The molecular formula is C31H50N2O2. The zero-order valence-electron chi connectivity index (χ0n) is 21.7. The van der Waals surface area contributed by atoms with Crippen LogP contribution in [0.15, 0.2) is 36.7 Å². The molecule has 1 heterocycles. The van der Waals surface area contributed by atoms with Crippen LogP contribution in [0.1, 0.15) is 109 Å². The minimum absolute atomic E-state index is 0. The quantitative estimate of drug-likeness (QED) is 0.124. The molecule has 2 aromatic rings. The fourth-order valence-corrected chi connectivity index (χ4v) is 4.82. The van der Waals surface area contributed by atoms with Crippen LogP contribution in [0.4, 0.5) is 0 Å². The Labute approximate surface area is 218 Å². The van der Waals surface area contributed by atoms with Gasteiger partial charge in [0, 0.05) is 29.6 Å². The predicted octanol–water partition coefficient (Wildman–Crippen LogP) is 8.94. The number of hydrogen-bond acceptors (Lipinski definition) is 4. The van der Waals surface area contributed by atoms with Gasteiger partial charge in [-0.1, -0.05) is 58.3 Å². The SMILES string of the molecule is CC#CC1CCC(C(=O)Oc2ccc(-c3ncc(CCCCCCCCCCC)cn3)cc2)CC1.[HH].[HH].[HH].[HH]. The average molecular weight is 483 g/mol. The maximum absolute atomic E-state index is 12.5. The first-order chi connectivity index (χ1) is 17.2. The predicted molar refractivity (Wildman–Crippen MR) is 151 cm³/mol. The Balaban J connectivity index is 0. The van der Waals surface area contributed by atoms with E-state index in [4.69, 9.17) is 4.74 Å². The second-order valence-electron chi connectivity index (χ2n) is 9.88. The third-order valence-electron chi connectivity index (χ3n) is 7.01. The highest BCUT2D eigenvalue weighted by atomic mass is 16.5. The second kappa shape index (κ2) is 15.4. The Bertz CT molecular complexity index is 951. The van der Waals surface area contributed by atoms with Gasteiger partial charge < -0.3 is 4.74 Å². The first-order valence-electron chi connectivity index (χ1n) is 13.7. The van der Waals surface area contributed by atoms with Crippen LogP contribution >= 0.6 is 0 Å². The Kier molecular flexibility index (Phi) is 11.8. The molecular weight excluding hydrogens is 432 g/mol. The molecule has 4 nitrogen and oxygen atoms in total. The van der Waals surface area contributed by atoms with Crippen LogP contribution in [0.2, 0.25) is 0 Å². The van der Waals surface area contributed by atoms with Gasteiger partial charge in [-0.25, -0.2) is 9.97 Å². The van der Waals surface area contributed by atoms with Gasteiger partial charge >= 0.3 is 5.97 Å². The van der Waals surface area contributed by atoms with E-state index in [9.17, 15) is 4.79 Å². The van der Waals surface area contributed by atoms with E-state index in [0.29, 0.717) is 17.5 Å². The van der Waals surface area contributed by atoms with E-state index in [1.807, 2.05) is 43.6 Å². The summed E-state index contributed by atoms with van der Waals surface area (Å²) in [5.41, 5.74) is 2.12. The van der Waals surface area contributed by atoms with Crippen molar-refractivity contribution in [3.63, 3.8) is 0 Å². The number of hydrogen-bond donors (Lipinski definition) is 0. The van der Waals surface area contributed by atoms with E-state index in [2.05, 4.69) is 28.7 Å². The van der Waals surface area contributed by atoms with Crippen molar-refractivity contribution in [1.82, 2.24) is 9.97 Å². The first kappa shape index (κ1) is 26.9. The van der Waals surface area contributed by atoms with E-state index in [1.54, 1.807) is 0 Å². The third-order valence-corrected chi connectivity index (χ3v) is 7.01. The number of nitrogens with zero attached hydrogens (tertiary/aromatic N) is 2. The summed E-state index contributed by atoms with van der Waals surface area (Å²) in [6, 6.07) is 7.51.